The second kappa shape index (κ2) is 4.74. The lowest BCUT2D eigenvalue weighted by atomic mass is 10.2. The number of rotatable bonds is 1. The summed E-state index contributed by atoms with van der Waals surface area (Å²) in [4.78, 5) is 7.57. The van der Waals surface area contributed by atoms with Gasteiger partial charge in [-0.3, -0.25) is 0 Å². The summed E-state index contributed by atoms with van der Waals surface area (Å²) in [7, 11) is 0. The van der Waals surface area contributed by atoms with E-state index < -0.39 is 24.4 Å². The van der Waals surface area contributed by atoms with E-state index in [4.69, 9.17) is 4.11 Å². The number of benzene rings is 1. The van der Waals surface area contributed by atoms with E-state index in [0.29, 0.717) is 4.88 Å². The van der Waals surface area contributed by atoms with Gasteiger partial charge in [0.25, 0.3) is 11.9 Å². The summed E-state index contributed by atoms with van der Waals surface area (Å²) in [5.74, 6) is -2.90. The van der Waals surface area contributed by atoms with E-state index >= 15 is 0 Å². The van der Waals surface area contributed by atoms with E-state index in [1.165, 1.54) is 11.3 Å². The normalized spacial score (nSPS) is 14.0. The lowest BCUT2D eigenvalue weighted by molar-refractivity contribution is 0.458. The summed E-state index contributed by atoms with van der Waals surface area (Å²) in [6.07, 6.45) is 0. The molecule has 4 nitrogen and oxygen atoms in total. The molecule has 0 saturated heterocycles. The Hall–Kier alpha value is -2.54. The van der Waals surface area contributed by atoms with E-state index in [1.54, 1.807) is 6.07 Å². The largest absolute Gasteiger partial charge is 0.269 e. The number of aryl methyl sites for hydroxylation is 1. The molecule has 0 amide bonds. The van der Waals surface area contributed by atoms with Gasteiger partial charge in [0.1, 0.15) is 16.7 Å². The number of nitrogens with zero attached hydrogens (tertiary/aromatic N) is 4. The molecule has 0 saturated carbocycles. The van der Waals surface area contributed by atoms with E-state index in [9.17, 15) is 8.78 Å². The third-order valence-corrected chi connectivity index (χ3v) is 4.29. The molecule has 0 unspecified atom stereocenters. The van der Waals surface area contributed by atoms with Gasteiger partial charge in [0.05, 0.1) is 10.6 Å². The molecule has 0 radical (unpaired) electrons. The van der Waals surface area contributed by atoms with Crippen molar-refractivity contribution in [3.05, 3.63) is 47.9 Å². The highest BCUT2D eigenvalue weighted by Crippen LogP contribution is 2.35. The number of halogens is 2. The third kappa shape index (κ3) is 1.93. The minimum atomic E-state index is -2.68. The van der Waals surface area contributed by atoms with Crippen molar-refractivity contribution in [1.82, 2.24) is 20.2 Å². The van der Waals surface area contributed by atoms with Crippen molar-refractivity contribution < 1.29 is 12.9 Å². The molecule has 4 rings (SSSR count). The fourth-order valence-electron chi connectivity index (χ4n) is 2.18. The van der Waals surface area contributed by atoms with Gasteiger partial charge in [0.15, 0.2) is 0 Å². The fraction of sp³-hybridized carbons (Fsp3) is 0.0667. The minimum absolute atomic E-state index is 0.133. The highest BCUT2D eigenvalue weighted by atomic mass is 32.1. The Kier molecular flexibility index (Phi) is 2.20. The molecule has 22 heavy (non-hydrogen) atoms. The van der Waals surface area contributed by atoms with Crippen molar-refractivity contribution in [2.24, 2.45) is 0 Å². The number of hydrogen-bond donors (Lipinski definition) is 0. The van der Waals surface area contributed by atoms with Crippen LogP contribution in [-0.4, -0.2) is 20.2 Å². The molecule has 0 aliphatic rings. The molecule has 0 spiro atoms. The highest BCUT2D eigenvalue weighted by Gasteiger charge is 2.17. The first-order valence-electron chi connectivity index (χ1n) is 7.73. The van der Waals surface area contributed by atoms with Gasteiger partial charge in [0.2, 0.25) is 0 Å². The van der Waals surface area contributed by atoms with Crippen molar-refractivity contribution >= 4 is 32.5 Å². The fourth-order valence-corrected chi connectivity index (χ4v) is 3.23. The molecular weight excluding hydrogens is 306 g/mol. The van der Waals surface area contributed by atoms with Crippen LogP contribution in [0.1, 0.15) is 9.81 Å². The van der Waals surface area contributed by atoms with E-state index in [0.717, 1.165) is 10.1 Å². The van der Waals surface area contributed by atoms with Gasteiger partial charge in [-0.2, -0.15) is 13.9 Å². The van der Waals surface area contributed by atoms with Crippen LogP contribution in [0.5, 0.6) is 0 Å². The Morgan fingerprint density at radius 3 is 2.59 bits per heavy atom. The first kappa shape index (κ1) is 10.2. The number of hydrogen-bond acceptors (Lipinski definition) is 5. The molecule has 3 aromatic heterocycles. The topological polar surface area (TPSA) is 51.6 Å². The van der Waals surface area contributed by atoms with Crippen LogP contribution in [-0.2, 0) is 0 Å². The molecule has 0 fully saturated rings. The number of thiophene rings is 1. The molecule has 0 aliphatic carbocycles. The van der Waals surface area contributed by atoms with Crippen molar-refractivity contribution in [1.29, 1.82) is 0 Å². The average molecular weight is 317 g/mol. The van der Waals surface area contributed by atoms with Gasteiger partial charge in [-0.05, 0) is 24.4 Å². The average Bonchev–Trinajstić information content (AvgIpc) is 2.97. The second-order valence-electron chi connectivity index (χ2n) is 4.55. The lowest BCUT2D eigenvalue weighted by Crippen LogP contribution is -2.02. The molecule has 0 atom stereocenters. The molecule has 0 bridgehead atoms. The maximum absolute atomic E-state index is 13.6. The molecule has 7 heteroatoms. The molecule has 4 aromatic rings. The smallest absolute Gasteiger partial charge is 0.212 e. The predicted octanol–water partition coefficient (Wildman–Crippen LogP) is 3.89. The molecule has 1 aromatic carbocycles. The predicted molar refractivity (Wildman–Crippen MR) is 80.6 cm³/mol. The quantitative estimate of drug-likeness (QED) is 0.534. The lowest BCUT2D eigenvalue weighted by Gasteiger charge is -2.04. The maximum Gasteiger partial charge on any atom is 0.269 e. The van der Waals surface area contributed by atoms with E-state index in [-0.39, 0.29) is 16.7 Å². The van der Waals surface area contributed by atoms with E-state index in [1.807, 2.05) is 24.3 Å². The van der Waals surface area contributed by atoms with Crippen LogP contribution in [0.15, 0.2) is 30.3 Å². The van der Waals surface area contributed by atoms with Gasteiger partial charge >= 0.3 is 0 Å². The van der Waals surface area contributed by atoms with Crippen LogP contribution < -0.4 is 0 Å². The van der Waals surface area contributed by atoms with Crippen LogP contribution in [0.2, 0.25) is 0 Å². The summed E-state index contributed by atoms with van der Waals surface area (Å²) < 4.78 is 50.6. The zero-order valence-electron chi connectivity index (χ0n) is 13.8. The van der Waals surface area contributed by atoms with Gasteiger partial charge < -0.3 is 0 Å². The summed E-state index contributed by atoms with van der Waals surface area (Å²) in [6, 6.07) is 9.35. The monoisotopic (exact) mass is 317 g/mol. The van der Waals surface area contributed by atoms with Crippen LogP contribution in [0, 0.1) is 18.7 Å². The Morgan fingerprint density at radius 1 is 1.05 bits per heavy atom. The first-order chi connectivity index (χ1) is 11.8. The zero-order chi connectivity index (χ0) is 17.8. The SMILES string of the molecule is [2H]C([2H])([2H])c1nnc(-c2cc3ccccc3s2)c2nc(F)c(F)nc12. The van der Waals surface area contributed by atoms with Crippen LogP contribution in [0.3, 0.4) is 0 Å². The van der Waals surface area contributed by atoms with E-state index in [2.05, 4.69) is 20.2 Å². The molecule has 0 N–H and O–H groups in total. The van der Waals surface area contributed by atoms with Gasteiger partial charge in [-0.15, -0.1) is 16.4 Å². The molecule has 3 heterocycles. The Bertz CT molecular complexity index is 1090. The van der Waals surface area contributed by atoms with Crippen LogP contribution >= 0.6 is 11.3 Å². The number of aromatic nitrogens is 4. The Morgan fingerprint density at radius 2 is 1.82 bits per heavy atom. The highest BCUT2D eigenvalue weighted by molar-refractivity contribution is 7.22. The first-order valence-corrected chi connectivity index (χ1v) is 7.05. The number of fused-ring (bicyclic) bond motifs is 2. The summed E-state index contributed by atoms with van der Waals surface area (Å²) in [5.41, 5.74) is -0.803. The molecule has 108 valence electrons. The van der Waals surface area contributed by atoms with Crippen molar-refractivity contribution in [2.75, 3.05) is 0 Å². The van der Waals surface area contributed by atoms with Crippen molar-refractivity contribution in [3.8, 4) is 10.6 Å². The maximum atomic E-state index is 13.6. The Labute approximate surface area is 131 Å². The van der Waals surface area contributed by atoms with Crippen LogP contribution in [0.4, 0.5) is 8.78 Å². The van der Waals surface area contributed by atoms with Crippen LogP contribution in [0.25, 0.3) is 31.7 Å². The minimum Gasteiger partial charge on any atom is -0.212 e. The van der Waals surface area contributed by atoms with Gasteiger partial charge in [-0.25, -0.2) is 9.97 Å². The summed E-state index contributed by atoms with van der Waals surface area (Å²) in [5, 5.41) is 8.55. The summed E-state index contributed by atoms with van der Waals surface area (Å²) >= 11 is 1.36. The standard InChI is InChI=1S/C15H8F2N4S/c1-7-11-13(19-15(17)14(16)18-11)12(21-20-7)10-6-8-4-2-3-5-9(8)22-10/h2-6H,1H3/i1D3. The zero-order valence-corrected chi connectivity index (χ0v) is 11.7. The summed E-state index contributed by atoms with van der Waals surface area (Å²) in [6.45, 7) is -2.68. The second-order valence-corrected chi connectivity index (χ2v) is 5.63. The van der Waals surface area contributed by atoms with Crippen molar-refractivity contribution in [3.63, 3.8) is 0 Å². The molecule has 0 aliphatic heterocycles. The van der Waals surface area contributed by atoms with Crippen molar-refractivity contribution in [2.45, 2.75) is 6.85 Å². The van der Waals surface area contributed by atoms with Gasteiger partial charge in [0, 0.05) is 8.81 Å². The molecular formula is C15H8F2N4S. The third-order valence-electron chi connectivity index (χ3n) is 3.17. The Balaban J connectivity index is 2.06. The van der Waals surface area contributed by atoms with Gasteiger partial charge in [-0.1, -0.05) is 18.2 Å².